The minimum Gasteiger partial charge on any atom is -0.394 e. The van der Waals surface area contributed by atoms with Crippen LogP contribution in [0.1, 0.15) is 0 Å². The number of aliphatic hydroxyl groups excluding tert-OH is 3. The SMILES string of the molecule is OC[C@H]1OC[C@@]2(CO2)[C@@H](O)[C@@H]1O. The topological polar surface area (TPSA) is 82.5 Å². The van der Waals surface area contributed by atoms with Crippen LogP contribution in [0.3, 0.4) is 0 Å². The van der Waals surface area contributed by atoms with Crippen LogP contribution in [0.4, 0.5) is 0 Å². The van der Waals surface area contributed by atoms with Crippen molar-refractivity contribution < 1.29 is 24.8 Å². The summed E-state index contributed by atoms with van der Waals surface area (Å²) in [5.74, 6) is 0. The quantitative estimate of drug-likeness (QED) is 0.397. The lowest BCUT2D eigenvalue weighted by molar-refractivity contribution is -0.180. The molecule has 0 unspecified atom stereocenters. The van der Waals surface area contributed by atoms with E-state index in [0.717, 1.165) is 0 Å². The van der Waals surface area contributed by atoms with E-state index in [1.165, 1.54) is 0 Å². The number of hydrogen-bond acceptors (Lipinski definition) is 5. The van der Waals surface area contributed by atoms with Crippen molar-refractivity contribution in [3.05, 3.63) is 0 Å². The van der Waals surface area contributed by atoms with E-state index in [4.69, 9.17) is 14.6 Å². The summed E-state index contributed by atoms with van der Waals surface area (Å²) in [5.41, 5.74) is -0.689. The van der Waals surface area contributed by atoms with Crippen LogP contribution in [0.15, 0.2) is 0 Å². The van der Waals surface area contributed by atoms with E-state index < -0.39 is 23.9 Å². The second-order valence-electron chi connectivity index (χ2n) is 3.32. The Labute approximate surface area is 69.5 Å². The molecule has 0 radical (unpaired) electrons. The zero-order chi connectivity index (χ0) is 8.77. The summed E-state index contributed by atoms with van der Waals surface area (Å²) >= 11 is 0. The Morgan fingerprint density at radius 1 is 1.33 bits per heavy atom. The first-order chi connectivity index (χ1) is 5.69. The maximum atomic E-state index is 9.50. The Kier molecular flexibility index (Phi) is 1.85. The Morgan fingerprint density at radius 2 is 2.00 bits per heavy atom. The van der Waals surface area contributed by atoms with Gasteiger partial charge in [0.25, 0.3) is 0 Å². The van der Waals surface area contributed by atoms with Gasteiger partial charge in [0.15, 0.2) is 0 Å². The summed E-state index contributed by atoms with van der Waals surface area (Å²) in [6.07, 6.45) is -2.68. The van der Waals surface area contributed by atoms with E-state index in [-0.39, 0.29) is 13.2 Å². The van der Waals surface area contributed by atoms with Crippen LogP contribution < -0.4 is 0 Å². The van der Waals surface area contributed by atoms with Gasteiger partial charge >= 0.3 is 0 Å². The third kappa shape index (κ3) is 1.06. The second-order valence-corrected chi connectivity index (χ2v) is 3.32. The van der Waals surface area contributed by atoms with E-state index >= 15 is 0 Å². The lowest BCUT2D eigenvalue weighted by Gasteiger charge is -2.35. The van der Waals surface area contributed by atoms with Crippen LogP contribution in [0, 0.1) is 0 Å². The van der Waals surface area contributed by atoms with Crippen LogP contribution in [0.25, 0.3) is 0 Å². The van der Waals surface area contributed by atoms with Crippen molar-refractivity contribution in [1.29, 1.82) is 0 Å². The number of epoxide rings is 1. The van der Waals surface area contributed by atoms with Crippen LogP contribution in [0.2, 0.25) is 0 Å². The summed E-state index contributed by atoms with van der Waals surface area (Å²) < 4.78 is 10.1. The molecule has 0 amide bonds. The van der Waals surface area contributed by atoms with Crippen LogP contribution in [-0.2, 0) is 9.47 Å². The van der Waals surface area contributed by atoms with Gasteiger partial charge in [-0.1, -0.05) is 0 Å². The van der Waals surface area contributed by atoms with Crippen LogP contribution in [-0.4, -0.2) is 59.1 Å². The molecule has 0 aromatic carbocycles. The molecule has 2 heterocycles. The Hall–Kier alpha value is -0.200. The predicted octanol–water partition coefficient (Wildman–Crippen LogP) is -2.13. The van der Waals surface area contributed by atoms with E-state index in [9.17, 15) is 10.2 Å². The predicted molar refractivity (Wildman–Crippen MR) is 37.5 cm³/mol. The van der Waals surface area contributed by atoms with E-state index in [2.05, 4.69) is 0 Å². The largest absolute Gasteiger partial charge is 0.394 e. The second kappa shape index (κ2) is 2.65. The molecule has 1 spiro atoms. The minimum atomic E-state index is -1.05. The molecular formula is C7H12O5. The molecule has 2 aliphatic heterocycles. The summed E-state index contributed by atoms with van der Waals surface area (Å²) in [6.45, 7) is 0.383. The summed E-state index contributed by atoms with van der Waals surface area (Å²) in [6, 6.07) is 0. The van der Waals surface area contributed by atoms with Crippen molar-refractivity contribution in [2.75, 3.05) is 19.8 Å². The molecule has 0 aromatic rings. The standard InChI is InChI=1S/C7H12O5/c8-1-4-5(9)6(10)7(2-11-4)3-12-7/h4-6,8-10H,1-3H2/t4-,5-,6+,7-/m1/s1. The fraction of sp³-hybridized carbons (Fsp3) is 1.00. The third-order valence-corrected chi connectivity index (χ3v) is 2.48. The average molecular weight is 176 g/mol. The third-order valence-electron chi connectivity index (χ3n) is 2.48. The molecule has 0 aliphatic carbocycles. The van der Waals surface area contributed by atoms with Crippen molar-refractivity contribution in [2.45, 2.75) is 23.9 Å². The molecule has 2 fully saturated rings. The van der Waals surface area contributed by atoms with Gasteiger partial charge in [-0.15, -0.1) is 0 Å². The Bertz CT molecular complexity index is 179. The normalized spacial score (nSPS) is 52.8. The fourth-order valence-electron chi connectivity index (χ4n) is 1.45. The Balaban J connectivity index is 2.05. The zero-order valence-electron chi connectivity index (χ0n) is 6.51. The molecule has 2 saturated heterocycles. The molecule has 5 nitrogen and oxygen atoms in total. The van der Waals surface area contributed by atoms with Gasteiger partial charge in [-0.25, -0.2) is 0 Å². The fourth-order valence-corrected chi connectivity index (χ4v) is 1.45. The highest BCUT2D eigenvalue weighted by molar-refractivity contribution is 5.06. The van der Waals surface area contributed by atoms with Crippen LogP contribution >= 0.6 is 0 Å². The highest BCUT2D eigenvalue weighted by Crippen LogP contribution is 2.37. The van der Waals surface area contributed by atoms with Crippen molar-refractivity contribution in [1.82, 2.24) is 0 Å². The number of hydrogen-bond donors (Lipinski definition) is 3. The molecule has 3 N–H and O–H groups in total. The van der Waals surface area contributed by atoms with Gasteiger partial charge in [0.1, 0.15) is 23.9 Å². The number of rotatable bonds is 1. The van der Waals surface area contributed by atoms with Gasteiger partial charge in [-0.05, 0) is 0 Å². The van der Waals surface area contributed by atoms with Gasteiger partial charge < -0.3 is 24.8 Å². The van der Waals surface area contributed by atoms with E-state index in [1.54, 1.807) is 0 Å². The molecule has 0 aromatic heterocycles. The number of aliphatic hydroxyl groups is 3. The zero-order valence-corrected chi connectivity index (χ0v) is 6.51. The van der Waals surface area contributed by atoms with E-state index in [1.807, 2.05) is 0 Å². The smallest absolute Gasteiger partial charge is 0.143 e. The molecule has 2 rings (SSSR count). The molecule has 70 valence electrons. The molecular weight excluding hydrogens is 164 g/mol. The van der Waals surface area contributed by atoms with Gasteiger partial charge in [0, 0.05) is 0 Å². The first kappa shape index (κ1) is 8.40. The molecule has 4 atom stereocenters. The average Bonchev–Trinajstić information content (AvgIpc) is 2.83. The number of ether oxygens (including phenoxy) is 2. The van der Waals surface area contributed by atoms with Gasteiger partial charge in [0.2, 0.25) is 0 Å². The molecule has 5 heteroatoms. The maximum absolute atomic E-state index is 9.50. The van der Waals surface area contributed by atoms with Gasteiger partial charge in [-0.2, -0.15) is 0 Å². The monoisotopic (exact) mass is 176 g/mol. The summed E-state index contributed by atoms with van der Waals surface area (Å²) in [7, 11) is 0. The molecule has 12 heavy (non-hydrogen) atoms. The van der Waals surface area contributed by atoms with Crippen molar-refractivity contribution in [2.24, 2.45) is 0 Å². The maximum Gasteiger partial charge on any atom is 0.143 e. The highest BCUT2D eigenvalue weighted by Gasteiger charge is 2.58. The molecule has 0 bridgehead atoms. The van der Waals surface area contributed by atoms with Gasteiger partial charge in [-0.3, -0.25) is 0 Å². The van der Waals surface area contributed by atoms with Crippen molar-refractivity contribution in [3.63, 3.8) is 0 Å². The minimum absolute atomic E-state index is 0.246. The van der Waals surface area contributed by atoms with E-state index in [0.29, 0.717) is 6.61 Å². The summed E-state index contributed by atoms with van der Waals surface area (Å²) in [5, 5.41) is 27.6. The van der Waals surface area contributed by atoms with Crippen LogP contribution in [0.5, 0.6) is 0 Å². The Morgan fingerprint density at radius 3 is 2.50 bits per heavy atom. The van der Waals surface area contributed by atoms with Crippen molar-refractivity contribution in [3.8, 4) is 0 Å². The van der Waals surface area contributed by atoms with Gasteiger partial charge in [0.05, 0.1) is 19.8 Å². The lowest BCUT2D eigenvalue weighted by Crippen LogP contribution is -2.56. The van der Waals surface area contributed by atoms with Crippen molar-refractivity contribution >= 4 is 0 Å². The highest BCUT2D eigenvalue weighted by atomic mass is 16.6. The first-order valence-electron chi connectivity index (χ1n) is 3.92. The summed E-state index contributed by atoms with van der Waals surface area (Å²) in [4.78, 5) is 0. The first-order valence-corrected chi connectivity index (χ1v) is 3.92. The lowest BCUT2D eigenvalue weighted by atomic mass is 9.93. The molecule has 2 aliphatic rings. The molecule has 0 saturated carbocycles.